The quantitative estimate of drug-likeness (QED) is 0.849. The highest BCUT2D eigenvalue weighted by Crippen LogP contribution is 2.14. The monoisotopic (exact) mass is 250 g/mol. The molecule has 0 heterocycles. The summed E-state index contributed by atoms with van der Waals surface area (Å²) in [5, 5.41) is 18.1. The van der Waals surface area contributed by atoms with E-state index in [4.69, 9.17) is 5.26 Å². The van der Waals surface area contributed by atoms with Crippen molar-refractivity contribution in [2.75, 3.05) is 0 Å². The van der Waals surface area contributed by atoms with Crippen LogP contribution >= 0.6 is 0 Å². The van der Waals surface area contributed by atoms with Gasteiger partial charge >= 0.3 is 0 Å². The first-order chi connectivity index (χ1) is 9.19. The molecule has 2 rings (SSSR count). The molecule has 0 amide bonds. The molecule has 3 nitrogen and oxygen atoms in total. The Morgan fingerprint density at radius 3 is 2.26 bits per heavy atom. The van der Waals surface area contributed by atoms with Crippen LogP contribution in [0.4, 0.5) is 5.69 Å². The number of nitriles is 1. The van der Waals surface area contributed by atoms with Gasteiger partial charge < -0.3 is 5.11 Å². The van der Waals surface area contributed by atoms with Crippen LogP contribution in [-0.4, -0.2) is 11.3 Å². The molecule has 0 aliphatic carbocycles. The van der Waals surface area contributed by atoms with Gasteiger partial charge in [-0.2, -0.15) is 5.26 Å². The Kier molecular flexibility index (Phi) is 4.07. The fourth-order valence-electron chi connectivity index (χ4n) is 1.63. The Morgan fingerprint density at radius 2 is 1.74 bits per heavy atom. The zero-order valence-corrected chi connectivity index (χ0v) is 10.6. The van der Waals surface area contributed by atoms with E-state index in [9.17, 15) is 5.11 Å². The lowest BCUT2D eigenvalue weighted by Gasteiger charge is -2.03. The van der Waals surface area contributed by atoms with Crippen molar-refractivity contribution in [1.82, 2.24) is 0 Å². The van der Waals surface area contributed by atoms with Crippen LogP contribution in [0, 0.1) is 11.3 Å². The zero-order valence-electron chi connectivity index (χ0n) is 10.6. The molecule has 1 N–H and O–H groups in total. The lowest BCUT2D eigenvalue weighted by molar-refractivity contribution is 0.199. The second-order valence-corrected chi connectivity index (χ2v) is 4.26. The van der Waals surface area contributed by atoms with Gasteiger partial charge in [0.15, 0.2) is 0 Å². The van der Waals surface area contributed by atoms with Crippen LogP contribution in [-0.2, 0) is 0 Å². The summed E-state index contributed by atoms with van der Waals surface area (Å²) >= 11 is 0. The van der Waals surface area contributed by atoms with Crippen LogP contribution in [0.25, 0.3) is 0 Å². The van der Waals surface area contributed by atoms with Gasteiger partial charge in [0.1, 0.15) is 0 Å². The van der Waals surface area contributed by atoms with Crippen molar-refractivity contribution in [3.05, 3.63) is 65.2 Å². The van der Waals surface area contributed by atoms with Crippen molar-refractivity contribution in [2.24, 2.45) is 4.99 Å². The van der Waals surface area contributed by atoms with E-state index in [0.29, 0.717) is 5.56 Å². The maximum atomic E-state index is 9.41. The standard InChI is InChI=1S/C16H14N2O/c1-12(19)15-6-2-14(3-7-15)11-18-16-8-4-13(10-17)5-9-16/h2-9,11-12,19H,1H3. The number of aliphatic hydroxyl groups is 1. The number of aliphatic imine (C=N–C) groups is 1. The molecule has 1 unspecified atom stereocenters. The molecule has 0 spiro atoms. The maximum absolute atomic E-state index is 9.41. The predicted molar refractivity (Wildman–Crippen MR) is 75.5 cm³/mol. The highest BCUT2D eigenvalue weighted by molar-refractivity contribution is 5.81. The Hall–Kier alpha value is -2.44. The molecule has 19 heavy (non-hydrogen) atoms. The first-order valence-corrected chi connectivity index (χ1v) is 6.01. The second-order valence-electron chi connectivity index (χ2n) is 4.26. The van der Waals surface area contributed by atoms with Crippen molar-refractivity contribution in [3.63, 3.8) is 0 Å². The Morgan fingerprint density at radius 1 is 1.11 bits per heavy atom. The van der Waals surface area contributed by atoms with Gasteiger partial charge in [0.05, 0.1) is 23.4 Å². The molecule has 3 heteroatoms. The summed E-state index contributed by atoms with van der Waals surface area (Å²) in [6, 6.07) is 16.7. The van der Waals surface area contributed by atoms with Crippen LogP contribution in [0.5, 0.6) is 0 Å². The number of hydrogen-bond acceptors (Lipinski definition) is 3. The molecule has 1 atom stereocenters. The van der Waals surface area contributed by atoms with Gasteiger partial charge in [-0.3, -0.25) is 4.99 Å². The molecular formula is C16H14N2O. The fourth-order valence-corrected chi connectivity index (χ4v) is 1.63. The molecule has 0 fully saturated rings. The van der Waals surface area contributed by atoms with Crippen molar-refractivity contribution in [1.29, 1.82) is 5.26 Å². The van der Waals surface area contributed by atoms with E-state index in [2.05, 4.69) is 11.1 Å². The molecule has 0 radical (unpaired) electrons. The molecule has 0 saturated carbocycles. The van der Waals surface area contributed by atoms with E-state index in [-0.39, 0.29) is 0 Å². The van der Waals surface area contributed by atoms with Crippen LogP contribution in [0.1, 0.15) is 29.7 Å². The third-order valence-corrected chi connectivity index (χ3v) is 2.78. The van der Waals surface area contributed by atoms with E-state index in [1.54, 1.807) is 37.4 Å². The van der Waals surface area contributed by atoms with Crippen molar-refractivity contribution in [2.45, 2.75) is 13.0 Å². The van der Waals surface area contributed by atoms with E-state index in [1.807, 2.05) is 24.3 Å². The fraction of sp³-hybridized carbons (Fsp3) is 0.125. The largest absolute Gasteiger partial charge is 0.389 e. The van der Waals surface area contributed by atoms with Gasteiger partial charge in [-0.05, 0) is 42.3 Å². The molecule has 0 bridgehead atoms. The summed E-state index contributed by atoms with van der Waals surface area (Å²) in [5.41, 5.74) is 3.28. The Labute approximate surface area is 112 Å². The summed E-state index contributed by atoms with van der Waals surface area (Å²) < 4.78 is 0. The Bertz CT molecular complexity index is 605. The van der Waals surface area contributed by atoms with Gasteiger partial charge in [0, 0.05) is 6.21 Å². The number of aliphatic hydroxyl groups excluding tert-OH is 1. The Balaban J connectivity index is 2.11. The van der Waals surface area contributed by atoms with Gasteiger partial charge in [0.2, 0.25) is 0 Å². The summed E-state index contributed by atoms with van der Waals surface area (Å²) in [5.74, 6) is 0. The average molecular weight is 250 g/mol. The topological polar surface area (TPSA) is 56.4 Å². The summed E-state index contributed by atoms with van der Waals surface area (Å²) in [6.07, 6.45) is 1.30. The molecule has 0 saturated heterocycles. The first-order valence-electron chi connectivity index (χ1n) is 6.01. The van der Waals surface area contributed by atoms with Crippen molar-refractivity contribution in [3.8, 4) is 6.07 Å². The molecule has 0 aromatic heterocycles. The average Bonchev–Trinajstić information content (AvgIpc) is 2.46. The lowest BCUT2D eigenvalue weighted by atomic mass is 10.1. The maximum Gasteiger partial charge on any atom is 0.0991 e. The lowest BCUT2D eigenvalue weighted by Crippen LogP contribution is -1.90. The van der Waals surface area contributed by atoms with Crippen LogP contribution in [0.3, 0.4) is 0 Å². The van der Waals surface area contributed by atoms with E-state index in [1.165, 1.54) is 0 Å². The third kappa shape index (κ3) is 3.51. The van der Waals surface area contributed by atoms with Crippen LogP contribution in [0.15, 0.2) is 53.5 Å². The number of rotatable bonds is 3. The summed E-state index contributed by atoms with van der Waals surface area (Å²) in [6.45, 7) is 1.74. The molecule has 2 aromatic carbocycles. The minimum atomic E-state index is -0.454. The third-order valence-electron chi connectivity index (χ3n) is 2.78. The first kappa shape index (κ1) is 13.0. The molecule has 2 aromatic rings. The summed E-state index contributed by atoms with van der Waals surface area (Å²) in [7, 11) is 0. The van der Waals surface area contributed by atoms with E-state index >= 15 is 0 Å². The van der Waals surface area contributed by atoms with Gasteiger partial charge in [-0.25, -0.2) is 0 Å². The van der Waals surface area contributed by atoms with Gasteiger partial charge in [-0.1, -0.05) is 24.3 Å². The van der Waals surface area contributed by atoms with Crippen molar-refractivity contribution < 1.29 is 5.11 Å². The van der Waals surface area contributed by atoms with E-state index < -0.39 is 6.10 Å². The second kappa shape index (κ2) is 5.94. The predicted octanol–water partition coefficient (Wildman–Crippen LogP) is 3.36. The molecule has 0 aliphatic rings. The molecular weight excluding hydrogens is 236 g/mol. The SMILES string of the molecule is CC(O)c1ccc(C=Nc2ccc(C#N)cc2)cc1. The van der Waals surface area contributed by atoms with E-state index in [0.717, 1.165) is 16.8 Å². The summed E-state index contributed by atoms with van der Waals surface area (Å²) in [4.78, 5) is 4.33. The molecule has 94 valence electrons. The number of nitrogens with zero attached hydrogens (tertiary/aromatic N) is 2. The smallest absolute Gasteiger partial charge is 0.0991 e. The highest BCUT2D eigenvalue weighted by atomic mass is 16.3. The normalized spacial score (nSPS) is 12.3. The minimum Gasteiger partial charge on any atom is -0.389 e. The number of hydrogen-bond donors (Lipinski definition) is 1. The van der Waals surface area contributed by atoms with Gasteiger partial charge in [-0.15, -0.1) is 0 Å². The van der Waals surface area contributed by atoms with Crippen LogP contribution < -0.4 is 0 Å². The zero-order chi connectivity index (χ0) is 13.7. The van der Waals surface area contributed by atoms with Crippen molar-refractivity contribution >= 4 is 11.9 Å². The molecule has 0 aliphatic heterocycles. The van der Waals surface area contributed by atoms with Gasteiger partial charge in [0.25, 0.3) is 0 Å². The number of benzene rings is 2. The minimum absolute atomic E-state index is 0.454. The highest BCUT2D eigenvalue weighted by Gasteiger charge is 1.98. The van der Waals surface area contributed by atoms with Crippen LogP contribution in [0.2, 0.25) is 0 Å².